The van der Waals surface area contributed by atoms with Gasteiger partial charge in [-0.1, -0.05) is 35.0 Å². The SMILES string of the molecule is COc1ccc(C(=O)N2CCN(C(C)c3nc(-c4ccc(C)cc4)no3)CC2)cc1F. The lowest BCUT2D eigenvalue weighted by molar-refractivity contribution is 0.0551. The number of hydrogen-bond donors (Lipinski definition) is 0. The zero-order valence-electron chi connectivity index (χ0n) is 17.8. The van der Waals surface area contributed by atoms with Gasteiger partial charge < -0.3 is 14.2 Å². The summed E-state index contributed by atoms with van der Waals surface area (Å²) in [6, 6.07) is 12.2. The van der Waals surface area contributed by atoms with E-state index >= 15 is 0 Å². The lowest BCUT2D eigenvalue weighted by Gasteiger charge is -2.36. The maximum atomic E-state index is 14.0. The van der Waals surface area contributed by atoms with Gasteiger partial charge in [-0.05, 0) is 32.0 Å². The molecule has 0 aliphatic carbocycles. The van der Waals surface area contributed by atoms with Gasteiger partial charge in [0.2, 0.25) is 11.7 Å². The van der Waals surface area contributed by atoms with Crippen molar-refractivity contribution < 1.29 is 18.4 Å². The molecule has 2 heterocycles. The van der Waals surface area contributed by atoms with Gasteiger partial charge in [0.15, 0.2) is 11.6 Å². The molecule has 1 saturated heterocycles. The van der Waals surface area contributed by atoms with E-state index in [1.54, 1.807) is 11.0 Å². The number of carbonyl (C=O) groups is 1. The van der Waals surface area contributed by atoms with E-state index in [1.807, 2.05) is 38.1 Å². The molecule has 0 spiro atoms. The van der Waals surface area contributed by atoms with E-state index in [9.17, 15) is 9.18 Å². The van der Waals surface area contributed by atoms with Crippen LogP contribution in [0, 0.1) is 12.7 Å². The van der Waals surface area contributed by atoms with E-state index in [4.69, 9.17) is 9.26 Å². The number of methoxy groups -OCH3 is 1. The summed E-state index contributed by atoms with van der Waals surface area (Å²) < 4.78 is 24.4. The summed E-state index contributed by atoms with van der Waals surface area (Å²) in [6.07, 6.45) is 0. The molecule has 2 aromatic carbocycles. The lowest BCUT2D eigenvalue weighted by atomic mass is 10.1. The molecule has 0 bridgehead atoms. The number of halogens is 1. The first kappa shape index (κ1) is 21.0. The molecule has 1 unspecified atom stereocenters. The van der Waals surface area contributed by atoms with Gasteiger partial charge in [0.1, 0.15) is 0 Å². The fraction of sp³-hybridized carbons (Fsp3) is 0.348. The predicted octanol–water partition coefficient (Wildman–Crippen LogP) is 3.71. The normalized spacial score (nSPS) is 15.7. The van der Waals surface area contributed by atoms with Crippen LogP contribution in [-0.2, 0) is 0 Å². The van der Waals surface area contributed by atoms with Crippen molar-refractivity contribution in [3.8, 4) is 17.1 Å². The summed E-state index contributed by atoms with van der Waals surface area (Å²) in [6.45, 7) is 6.44. The molecule has 0 radical (unpaired) electrons. The number of hydrogen-bond acceptors (Lipinski definition) is 6. The van der Waals surface area contributed by atoms with Gasteiger partial charge in [-0.15, -0.1) is 0 Å². The Kier molecular flexibility index (Phi) is 5.99. The van der Waals surface area contributed by atoms with Crippen LogP contribution in [0.3, 0.4) is 0 Å². The molecule has 4 rings (SSSR count). The molecular weight excluding hydrogens is 399 g/mol. The number of piperazine rings is 1. The Balaban J connectivity index is 1.38. The van der Waals surface area contributed by atoms with Crippen molar-refractivity contribution in [3.05, 3.63) is 65.3 Å². The Bertz CT molecular complexity index is 1060. The monoisotopic (exact) mass is 424 g/mol. The second-order valence-corrected chi connectivity index (χ2v) is 7.68. The van der Waals surface area contributed by atoms with Crippen molar-refractivity contribution in [3.63, 3.8) is 0 Å². The average Bonchev–Trinajstić information content (AvgIpc) is 3.29. The van der Waals surface area contributed by atoms with Crippen LogP contribution in [0.25, 0.3) is 11.4 Å². The Hall–Kier alpha value is -3.26. The third-order valence-electron chi connectivity index (χ3n) is 5.66. The number of aryl methyl sites for hydroxylation is 1. The Morgan fingerprint density at radius 1 is 1.13 bits per heavy atom. The van der Waals surface area contributed by atoms with Crippen LogP contribution in [0.15, 0.2) is 47.0 Å². The first-order valence-corrected chi connectivity index (χ1v) is 10.2. The Morgan fingerprint density at radius 2 is 1.84 bits per heavy atom. The third-order valence-corrected chi connectivity index (χ3v) is 5.66. The first-order valence-electron chi connectivity index (χ1n) is 10.2. The minimum Gasteiger partial charge on any atom is -0.494 e. The third kappa shape index (κ3) is 4.44. The summed E-state index contributed by atoms with van der Waals surface area (Å²) in [7, 11) is 1.40. The van der Waals surface area contributed by atoms with Crippen molar-refractivity contribution in [2.75, 3.05) is 33.3 Å². The van der Waals surface area contributed by atoms with Crippen molar-refractivity contribution in [1.29, 1.82) is 0 Å². The van der Waals surface area contributed by atoms with Gasteiger partial charge in [0.25, 0.3) is 5.91 Å². The molecule has 0 N–H and O–H groups in total. The van der Waals surface area contributed by atoms with Crippen LogP contribution in [0.5, 0.6) is 5.75 Å². The highest BCUT2D eigenvalue weighted by molar-refractivity contribution is 5.94. The molecule has 1 atom stereocenters. The maximum absolute atomic E-state index is 14.0. The standard InChI is InChI=1S/C23H25FN4O3/c1-15-4-6-17(7-5-15)21-25-22(31-26-21)16(2)27-10-12-28(13-11-27)23(29)18-8-9-20(30-3)19(24)14-18/h4-9,14,16H,10-13H2,1-3H3. The number of rotatable bonds is 5. The van der Waals surface area contributed by atoms with E-state index in [1.165, 1.54) is 24.8 Å². The van der Waals surface area contributed by atoms with Crippen LogP contribution < -0.4 is 4.74 Å². The van der Waals surface area contributed by atoms with E-state index in [2.05, 4.69) is 15.0 Å². The average molecular weight is 424 g/mol. The van der Waals surface area contributed by atoms with Crippen LogP contribution >= 0.6 is 0 Å². The topological polar surface area (TPSA) is 71.7 Å². The predicted molar refractivity (Wildman–Crippen MR) is 113 cm³/mol. The zero-order chi connectivity index (χ0) is 22.0. The molecule has 1 fully saturated rings. The highest BCUT2D eigenvalue weighted by atomic mass is 19.1. The molecule has 1 aliphatic heterocycles. The largest absolute Gasteiger partial charge is 0.494 e. The van der Waals surface area contributed by atoms with Crippen molar-refractivity contribution in [1.82, 2.24) is 19.9 Å². The van der Waals surface area contributed by atoms with Gasteiger partial charge >= 0.3 is 0 Å². The number of amides is 1. The van der Waals surface area contributed by atoms with Gasteiger partial charge in [0, 0.05) is 37.3 Å². The molecule has 162 valence electrons. The fourth-order valence-corrected chi connectivity index (χ4v) is 3.68. The molecule has 7 nitrogen and oxygen atoms in total. The first-order chi connectivity index (χ1) is 15.0. The van der Waals surface area contributed by atoms with E-state index in [0.29, 0.717) is 43.5 Å². The van der Waals surface area contributed by atoms with Crippen molar-refractivity contribution >= 4 is 5.91 Å². The molecule has 3 aromatic rings. The Labute approximate surface area is 180 Å². The molecule has 1 amide bonds. The van der Waals surface area contributed by atoms with Crippen molar-refractivity contribution in [2.24, 2.45) is 0 Å². The van der Waals surface area contributed by atoms with Crippen LogP contribution in [0.4, 0.5) is 4.39 Å². The van der Waals surface area contributed by atoms with Crippen LogP contribution in [0.2, 0.25) is 0 Å². The van der Waals surface area contributed by atoms with Crippen LogP contribution in [0.1, 0.15) is 34.8 Å². The maximum Gasteiger partial charge on any atom is 0.254 e. The summed E-state index contributed by atoms with van der Waals surface area (Å²) in [4.78, 5) is 21.2. The van der Waals surface area contributed by atoms with Crippen molar-refractivity contribution in [2.45, 2.75) is 19.9 Å². The van der Waals surface area contributed by atoms with Crippen LogP contribution in [-0.4, -0.2) is 59.1 Å². The molecule has 31 heavy (non-hydrogen) atoms. The minimum atomic E-state index is -0.540. The van der Waals surface area contributed by atoms with Gasteiger partial charge in [-0.3, -0.25) is 9.69 Å². The molecule has 1 aromatic heterocycles. The van der Waals surface area contributed by atoms with Gasteiger partial charge in [-0.2, -0.15) is 4.98 Å². The lowest BCUT2D eigenvalue weighted by Crippen LogP contribution is -2.49. The second-order valence-electron chi connectivity index (χ2n) is 7.68. The Morgan fingerprint density at radius 3 is 2.48 bits per heavy atom. The molecule has 1 aliphatic rings. The summed E-state index contributed by atoms with van der Waals surface area (Å²) in [5.74, 6) is 0.513. The smallest absolute Gasteiger partial charge is 0.254 e. The summed E-state index contributed by atoms with van der Waals surface area (Å²) in [5, 5.41) is 4.11. The minimum absolute atomic E-state index is 0.0672. The zero-order valence-corrected chi connectivity index (χ0v) is 17.8. The number of aromatic nitrogens is 2. The number of ether oxygens (including phenoxy) is 1. The molecule has 8 heteroatoms. The summed E-state index contributed by atoms with van der Waals surface area (Å²) >= 11 is 0. The van der Waals surface area contributed by atoms with Gasteiger partial charge in [-0.25, -0.2) is 4.39 Å². The molecular formula is C23H25FN4O3. The van der Waals surface area contributed by atoms with E-state index in [0.717, 1.165) is 5.56 Å². The fourth-order valence-electron chi connectivity index (χ4n) is 3.68. The van der Waals surface area contributed by atoms with Gasteiger partial charge in [0.05, 0.1) is 13.2 Å². The quantitative estimate of drug-likeness (QED) is 0.622. The summed E-state index contributed by atoms with van der Waals surface area (Å²) in [5.41, 5.74) is 2.40. The number of nitrogens with zero attached hydrogens (tertiary/aromatic N) is 4. The molecule has 0 saturated carbocycles. The second kappa shape index (κ2) is 8.85. The van der Waals surface area contributed by atoms with E-state index < -0.39 is 5.82 Å². The van der Waals surface area contributed by atoms with E-state index in [-0.39, 0.29) is 17.7 Å². The highest BCUT2D eigenvalue weighted by Gasteiger charge is 2.28. The number of benzene rings is 2. The highest BCUT2D eigenvalue weighted by Crippen LogP contribution is 2.25. The number of carbonyl (C=O) groups excluding carboxylic acids is 1.